The molecule has 6 nitrogen and oxygen atoms in total. The SMILES string of the molecule is COc1ccc([N+](=O)[O-])cc1CN1CCN(c2ccc(C)cc2)CC1. The molecule has 0 saturated carbocycles. The topological polar surface area (TPSA) is 58.9 Å². The van der Waals surface area contributed by atoms with Gasteiger partial charge in [-0.25, -0.2) is 0 Å². The van der Waals surface area contributed by atoms with E-state index in [1.807, 2.05) is 0 Å². The number of hydrogen-bond donors (Lipinski definition) is 0. The van der Waals surface area contributed by atoms with Crippen LogP contribution in [0.1, 0.15) is 11.1 Å². The van der Waals surface area contributed by atoms with Gasteiger partial charge in [-0.05, 0) is 25.1 Å². The van der Waals surface area contributed by atoms with Crippen LogP contribution in [-0.2, 0) is 6.54 Å². The summed E-state index contributed by atoms with van der Waals surface area (Å²) in [5.41, 5.74) is 3.48. The van der Waals surface area contributed by atoms with E-state index in [0.29, 0.717) is 12.3 Å². The second-order valence-corrected chi connectivity index (χ2v) is 6.35. The number of methoxy groups -OCH3 is 1. The highest BCUT2D eigenvalue weighted by Gasteiger charge is 2.20. The maximum atomic E-state index is 11.0. The van der Waals surface area contributed by atoms with Gasteiger partial charge in [0.25, 0.3) is 5.69 Å². The second kappa shape index (κ2) is 7.53. The maximum absolute atomic E-state index is 11.0. The number of piperazine rings is 1. The first-order valence-corrected chi connectivity index (χ1v) is 8.42. The van der Waals surface area contributed by atoms with Crippen LogP contribution in [0.5, 0.6) is 5.75 Å². The number of nitrogens with zero attached hydrogens (tertiary/aromatic N) is 3. The van der Waals surface area contributed by atoms with Crippen LogP contribution in [0.4, 0.5) is 11.4 Å². The Morgan fingerprint density at radius 3 is 2.36 bits per heavy atom. The molecule has 0 radical (unpaired) electrons. The fraction of sp³-hybridized carbons (Fsp3) is 0.368. The number of nitro benzene ring substituents is 1. The summed E-state index contributed by atoms with van der Waals surface area (Å²) in [6.07, 6.45) is 0. The fourth-order valence-corrected chi connectivity index (χ4v) is 3.16. The van der Waals surface area contributed by atoms with Gasteiger partial charge in [-0.2, -0.15) is 0 Å². The van der Waals surface area contributed by atoms with E-state index in [4.69, 9.17) is 4.74 Å². The zero-order chi connectivity index (χ0) is 17.8. The van der Waals surface area contributed by atoms with Gasteiger partial charge in [0, 0.05) is 56.1 Å². The van der Waals surface area contributed by atoms with Crippen LogP contribution in [0.25, 0.3) is 0 Å². The van der Waals surface area contributed by atoms with Crippen LogP contribution in [0.3, 0.4) is 0 Å². The molecular formula is C19H23N3O3. The lowest BCUT2D eigenvalue weighted by atomic mass is 10.1. The third-order valence-electron chi connectivity index (χ3n) is 4.64. The lowest BCUT2D eigenvalue weighted by Crippen LogP contribution is -2.46. The van der Waals surface area contributed by atoms with Crippen molar-refractivity contribution < 1.29 is 9.66 Å². The van der Waals surface area contributed by atoms with Gasteiger partial charge in [-0.15, -0.1) is 0 Å². The third kappa shape index (κ3) is 4.09. The average molecular weight is 341 g/mol. The Kier molecular flexibility index (Phi) is 5.19. The number of nitro groups is 1. The molecule has 1 fully saturated rings. The number of benzene rings is 2. The first-order chi connectivity index (χ1) is 12.1. The molecule has 1 aliphatic rings. The molecule has 2 aromatic carbocycles. The molecule has 0 N–H and O–H groups in total. The second-order valence-electron chi connectivity index (χ2n) is 6.35. The van der Waals surface area contributed by atoms with Crippen molar-refractivity contribution in [3.63, 3.8) is 0 Å². The highest BCUT2D eigenvalue weighted by molar-refractivity contribution is 5.48. The van der Waals surface area contributed by atoms with Crippen LogP contribution in [0.15, 0.2) is 42.5 Å². The lowest BCUT2D eigenvalue weighted by molar-refractivity contribution is -0.385. The molecule has 1 heterocycles. The van der Waals surface area contributed by atoms with Crippen molar-refractivity contribution in [1.82, 2.24) is 4.90 Å². The molecule has 25 heavy (non-hydrogen) atoms. The van der Waals surface area contributed by atoms with Crippen molar-refractivity contribution in [3.05, 3.63) is 63.7 Å². The summed E-state index contributed by atoms with van der Waals surface area (Å²) in [4.78, 5) is 15.3. The first-order valence-electron chi connectivity index (χ1n) is 8.42. The quantitative estimate of drug-likeness (QED) is 0.617. The number of hydrogen-bond acceptors (Lipinski definition) is 5. The Hall–Kier alpha value is -2.60. The summed E-state index contributed by atoms with van der Waals surface area (Å²) < 4.78 is 5.36. The van der Waals surface area contributed by atoms with Crippen LogP contribution >= 0.6 is 0 Å². The molecular weight excluding hydrogens is 318 g/mol. The Balaban J connectivity index is 1.65. The molecule has 0 spiro atoms. The molecule has 0 aliphatic carbocycles. The van der Waals surface area contributed by atoms with Crippen LogP contribution in [0.2, 0.25) is 0 Å². The molecule has 0 aromatic heterocycles. The summed E-state index contributed by atoms with van der Waals surface area (Å²) in [6.45, 7) is 6.47. The molecule has 132 valence electrons. The third-order valence-corrected chi connectivity index (χ3v) is 4.64. The lowest BCUT2D eigenvalue weighted by Gasteiger charge is -2.36. The zero-order valence-corrected chi connectivity index (χ0v) is 14.6. The average Bonchev–Trinajstić information content (AvgIpc) is 2.63. The van der Waals surface area contributed by atoms with Gasteiger partial charge in [0.05, 0.1) is 12.0 Å². The molecule has 1 saturated heterocycles. The number of non-ortho nitro benzene ring substituents is 1. The van der Waals surface area contributed by atoms with Crippen LogP contribution < -0.4 is 9.64 Å². The highest BCUT2D eigenvalue weighted by Crippen LogP contribution is 2.26. The highest BCUT2D eigenvalue weighted by atomic mass is 16.6. The van der Waals surface area contributed by atoms with Crippen molar-refractivity contribution in [2.24, 2.45) is 0 Å². The number of ether oxygens (including phenoxy) is 1. The van der Waals surface area contributed by atoms with Gasteiger partial charge in [0.2, 0.25) is 0 Å². The van der Waals surface area contributed by atoms with E-state index in [1.54, 1.807) is 19.2 Å². The first kappa shape index (κ1) is 17.2. The zero-order valence-electron chi connectivity index (χ0n) is 14.6. The van der Waals surface area contributed by atoms with Crippen molar-refractivity contribution in [3.8, 4) is 5.75 Å². The number of aryl methyl sites for hydroxylation is 1. The van der Waals surface area contributed by atoms with Crippen molar-refractivity contribution in [1.29, 1.82) is 0 Å². The minimum absolute atomic E-state index is 0.106. The van der Waals surface area contributed by atoms with E-state index in [0.717, 1.165) is 31.7 Å². The van der Waals surface area contributed by atoms with Crippen molar-refractivity contribution >= 4 is 11.4 Å². The van der Waals surface area contributed by atoms with Gasteiger partial charge < -0.3 is 9.64 Å². The largest absolute Gasteiger partial charge is 0.496 e. The Labute approximate surface area is 147 Å². The van der Waals surface area contributed by atoms with Gasteiger partial charge in [0.15, 0.2) is 0 Å². The minimum atomic E-state index is -0.363. The van der Waals surface area contributed by atoms with E-state index in [2.05, 4.69) is 41.0 Å². The molecule has 2 aromatic rings. The summed E-state index contributed by atoms with van der Waals surface area (Å²) in [5, 5.41) is 11.0. The Morgan fingerprint density at radius 2 is 1.76 bits per heavy atom. The van der Waals surface area contributed by atoms with Crippen LogP contribution in [0, 0.1) is 17.0 Å². The number of rotatable bonds is 5. The van der Waals surface area contributed by atoms with E-state index in [-0.39, 0.29) is 10.6 Å². The van der Waals surface area contributed by atoms with E-state index < -0.39 is 0 Å². The Bertz CT molecular complexity index is 738. The molecule has 0 atom stereocenters. The summed E-state index contributed by atoms with van der Waals surface area (Å²) in [5.74, 6) is 0.701. The normalized spacial score (nSPS) is 15.2. The maximum Gasteiger partial charge on any atom is 0.270 e. The molecule has 6 heteroatoms. The monoisotopic (exact) mass is 341 g/mol. The van der Waals surface area contributed by atoms with Crippen molar-refractivity contribution in [2.75, 3.05) is 38.2 Å². The Morgan fingerprint density at radius 1 is 1.08 bits per heavy atom. The molecule has 1 aliphatic heterocycles. The van der Waals surface area contributed by atoms with E-state index >= 15 is 0 Å². The fourth-order valence-electron chi connectivity index (χ4n) is 3.16. The van der Waals surface area contributed by atoms with Crippen molar-refractivity contribution in [2.45, 2.75) is 13.5 Å². The van der Waals surface area contributed by atoms with Gasteiger partial charge in [-0.3, -0.25) is 15.0 Å². The summed E-state index contributed by atoms with van der Waals surface area (Å²) in [6, 6.07) is 13.4. The van der Waals surface area contributed by atoms with Gasteiger partial charge in [-0.1, -0.05) is 17.7 Å². The summed E-state index contributed by atoms with van der Waals surface area (Å²) >= 11 is 0. The molecule has 0 unspecified atom stereocenters. The number of anilines is 1. The van der Waals surface area contributed by atoms with Gasteiger partial charge >= 0.3 is 0 Å². The smallest absolute Gasteiger partial charge is 0.270 e. The molecule has 0 bridgehead atoms. The minimum Gasteiger partial charge on any atom is -0.496 e. The predicted molar refractivity (Wildman–Crippen MR) is 98.3 cm³/mol. The standard InChI is InChI=1S/C19H23N3O3/c1-15-3-5-17(6-4-15)21-11-9-20(10-12-21)14-16-13-18(22(23)24)7-8-19(16)25-2/h3-8,13H,9-12,14H2,1-2H3. The van der Waals surface area contributed by atoms with E-state index in [9.17, 15) is 10.1 Å². The summed E-state index contributed by atoms with van der Waals surface area (Å²) in [7, 11) is 1.60. The van der Waals surface area contributed by atoms with E-state index in [1.165, 1.54) is 17.3 Å². The predicted octanol–water partition coefficient (Wildman–Crippen LogP) is 3.23. The molecule has 3 rings (SSSR count). The molecule has 0 amide bonds. The van der Waals surface area contributed by atoms with Gasteiger partial charge in [0.1, 0.15) is 5.75 Å². The van der Waals surface area contributed by atoms with Crippen LogP contribution in [-0.4, -0.2) is 43.1 Å².